The fourth-order valence-corrected chi connectivity index (χ4v) is 4.87. The second-order valence-electron chi connectivity index (χ2n) is 6.74. The van der Waals surface area contributed by atoms with E-state index < -0.39 is 11.6 Å². The first-order chi connectivity index (χ1) is 12.6. The highest BCUT2D eigenvalue weighted by Crippen LogP contribution is 2.48. The Labute approximate surface area is 161 Å². The zero-order valence-corrected chi connectivity index (χ0v) is 16.0. The molecule has 0 bridgehead atoms. The van der Waals surface area contributed by atoms with Crippen LogP contribution >= 0.6 is 23.4 Å². The number of nitrogens with one attached hydrogen (secondary N) is 1. The van der Waals surface area contributed by atoms with E-state index in [1.54, 1.807) is 11.8 Å². The van der Waals surface area contributed by atoms with Crippen LogP contribution in [-0.4, -0.2) is 24.9 Å². The number of ether oxygens (including phenoxy) is 1. The quantitative estimate of drug-likeness (QED) is 0.678. The van der Waals surface area contributed by atoms with E-state index in [0.29, 0.717) is 5.56 Å². The minimum atomic E-state index is -0.640. The summed E-state index contributed by atoms with van der Waals surface area (Å²) in [6.07, 6.45) is 2.10. The lowest BCUT2D eigenvalue weighted by molar-refractivity contribution is 0.169. The Hall–Kier alpha value is -1.30. The van der Waals surface area contributed by atoms with Gasteiger partial charge in [0.25, 0.3) is 0 Å². The summed E-state index contributed by atoms with van der Waals surface area (Å²) in [4.78, 5) is 0.961. The molecule has 0 radical (unpaired) electrons. The summed E-state index contributed by atoms with van der Waals surface area (Å²) in [5.74, 6) is 0.759. The average Bonchev–Trinajstić information content (AvgIpc) is 2.98. The van der Waals surface area contributed by atoms with Crippen molar-refractivity contribution in [3.05, 3.63) is 46.5 Å². The molecule has 2 heterocycles. The number of rotatable bonds is 4. The number of thioether (sulfide) groups is 1. The minimum Gasteiger partial charge on any atom is -0.488 e. The van der Waals surface area contributed by atoms with E-state index in [2.05, 4.69) is 12.2 Å². The maximum atomic E-state index is 14.5. The molecule has 1 saturated heterocycles. The summed E-state index contributed by atoms with van der Waals surface area (Å²) in [5.41, 5.74) is 1.57. The van der Waals surface area contributed by atoms with Crippen molar-refractivity contribution in [2.24, 2.45) is 0 Å². The van der Waals surface area contributed by atoms with Crippen LogP contribution in [0.5, 0.6) is 5.75 Å². The second-order valence-corrected chi connectivity index (χ2v) is 8.31. The van der Waals surface area contributed by atoms with Crippen LogP contribution in [0.15, 0.2) is 29.2 Å². The summed E-state index contributed by atoms with van der Waals surface area (Å²) < 4.78 is 35.2. The molecule has 2 atom stereocenters. The van der Waals surface area contributed by atoms with Gasteiger partial charge >= 0.3 is 0 Å². The van der Waals surface area contributed by atoms with E-state index >= 15 is 0 Å². The van der Waals surface area contributed by atoms with Gasteiger partial charge in [-0.2, -0.15) is 0 Å². The van der Waals surface area contributed by atoms with E-state index in [9.17, 15) is 8.78 Å². The molecule has 2 aromatic carbocycles. The van der Waals surface area contributed by atoms with Crippen LogP contribution in [-0.2, 0) is 0 Å². The highest BCUT2D eigenvalue weighted by molar-refractivity contribution is 7.99. The predicted octanol–water partition coefficient (Wildman–Crippen LogP) is 5.63. The Morgan fingerprint density at radius 1 is 1.23 bits per heavy atom. The fraction of sp³-hybridized carbons (Fsp3) is 0.400. The molecule has 1 N–H and O–H groups in total. The first kappa shape index (κ1) is 18.1. The van der Waals surface area contributed by atoms with Gasteiger partial charge in [-0.15, -0.1) is 11.8 Å². The zero-order valence-electron chi connectivity index (χ0n) is 14.5. The number of hydrogen-bond donors (Lipinski definition) is 1. The number of halogens is 3. The molecule has 6 heteroatoms. The SMILES string of the molecule is CCCSc1cc(-c2c(F)cc(Cl)cc2F)cc2c1O[C@H]1CCNC[C@@H]21. The molecule has 0 saturated carbocycles. The van der Waals surface area contributed by atoms with Crippen molar-refractivity contribution in [3.8, 4) is 16.9 Å². The zero-order chi connectivity index (χ0) is 18.3. The molecule has 0 unspecified atom stereocenters. The number of fused-ring (bicyclic) bond motifs is 3. The molecule has 138 valence electrons. The van der Waals surface area contributed by atoms with E-state index in [0.717, 1.165) is 60.0 Å². The number of piperidine rings is 1. The smallest absolute Gasteiger partial charge is 0.137 e. The van der Waals surface area contributed by atoms with Crippen molar-refractivity contribution in [2.45, 2.75) is 36.7 Å². The van der Waals surface area contributed by atoms with Crippen molar-refractivity contribution in [2.75, 3.05) is 18.8 Å². The van der Waals surface area contributed by atoms with E-state index in [1.807, 2.05) is 12.1 Å². The van der Waals surface area contributed by atoms with E-state index in [-0.39, 0.29) is 22.6 Å². The maximum absolute atomic E-state index is 14.5. The van der Waals surface area contributed by atoms with Gasteiger partial charge in [0.1, 0.15) is 23.5 Å². The summed E-state index contributed by atoms with van der Waals surface area (Å²) >= 11 is 7.46. The Bertz CT molecular complexity index is 822. The molecule has 2 nitrogen and oxygen atoms in total. The lowest BCUT2D eigenvalue weighted by atomic mass is 9.89. The van der Waals surface area contributed by atoms with Crippen LogP contribution in [0.4, 0.5) is 8.78 Å². The topological polar surface area (TPSA) is 21.3 Å². The molecule has 0 aliphatic carbocycles. The van der Waals surface area contributed by atoms with Crippen LogP contribution in [0.1, 0.15) is 31.2 Å². The van der Waals surface area contributed by atoms with Gasteiger partial charge in [0.2, 0.25) is 0 Å². The molecule has 2 aromatic rings. The van der Waals surface area contributed by atoms with E-state index in [1.165, 1.54) is 0 Å². The Morgan fingerprint density at radius 3 is 2.73 bits per heavy atom. The standard InChI is InChI=1S/C20H20ClF2NOS/c1-2-5-26-18-7-11(19-15(22)8-12(21)9-16(19)23)6-13-14-10-24-4-3-17(14)25-20(13)18/h6-9,14,17,24H,2-5,10H2,1H3/t14-,17-/m0/s1. The van der Waals surface area contributed by atoms with Crippen molar-refractivity contribution in [3.63, 3.8) is 0 Å². The summed E-state index contributed by atoms with van der Waals surface area (Å²) in [7, 11) is 0. The molecule has 0 aromatic heterocycles. The normalized spacial score (nSPS) is 21.2. The van der Waals surface area contributed by atoms with Gasteiger partial charge in [0, 0.05) is 23.0 Å². The second kappa shape index (κ2) is 7.37. The third-order valence-corrected chi connectivity index (χ3v) is 6.37. The Balaban J connectivity index is 1.85. The third kappa shape index (κ3) is 3.21. The highest BCUT2D eigenvalue weighted by Gasteiger charge is 2.38. The van der Waals surface area contributed by atoms with Crippen LogP contribution in [0.2, 0.25) is 5.02 Å². The highest BCUT2D eigenvalue weighted by atomic mass is 35.5. The van der Waals surface area contributed by atoms with Crippen LogP contribution in [0.25, 0.3) is 11.1 Å². The largest absolute Gasteiger partial charge is 0.488 e. The molecular formula is C20H20ClF2NOS. The first-order valence-electron chi connectivity index (χ1n) is 8.91. The van der Waals surface area contributed by atoms with Gasteiger partial charge in [-0.3, -0.25) is 0 Å². The monoisotopic (exact) mass is 395 g/mol. The Kier molecular flexibility index (Phi) is 5.13. The van der Waals surface area contributed by atoms with Crippen LogP contribution in [0.3, 0.4) is 0 Å². The molecule has 26 heavy (non-hydrogen) atoms. The molecule has 0 amide bonds. The van der Waals surface area contributed by atoms with Crippen molar-refractivity contribution in [1.29, 1.82) is 0 Å². The summed E-state index contributed by atoms with van der Waals surface area (Å²) in [6, 6.07) is 6.05. The van der Waals surface area contributed by atoms with Gasteiger partial charge in [-0.1, -0.05) is 18.5 Å². The van der Waals surface area contributed by atoms with Crippen LogP contribution in [0, 0.1) is 11.6 Å². The van der Waals surface area contributed by atoms with Crippen molar-refractivity contribution >= 4 is 23.4 Å². The van der Waals surface area contributed by atoms with Gasteiger partial charge in [0.15, 0.2) is 0 Å². The fourth-order valence-electron chi connectivity index (χ4n) is 3.74. The number of benzene rings is 2. The third-order valence-electron chi connectivity index (χ3n) is 4.93. The number of hydrogen-bond acceptors (Lipinski definition) is 3. The summed E-state index contributed by atoms with van der Waals surface area (Å²) in [6.45, 7) is 3.87. The van der Waals surface area contributed by atoms with Crippen molar-refractivity contribution < 1.29 is 13.5 Å². The van der Waals surface area contributed by atoms with Gasteiger partial charge in [0.05, 0.1) is 10.5 Å². The predicted molar refractivity (Wildman–Crippen MR) is 102 cm³/mol. The lowest BCUT2D eigenvalue weighted by Crippen LogP contribution is -2.37. The minimum absolute atomic E-state index is 0.0252. The van der Waals surface area contributed by atoms with Gasteiger partial charge < -0.3 is 10.1 Å². The Morgan fingerprint density at radius 2 is 2.00 bits per heavy atom. The molecular weight excluding hydrogens is 376 g/mol. The molecule has 4 rings (SSSR count). The van der Waals surface area contributed by atoms with Crippen LogP contribution < -0.4 is 10.1 Å². The molecule has 1 fully saturated rings. The average molecular weight is 396 g/mol. The first-order valence-corrected chi connectivity index (χ1v) is 10.3. The van der Waals surface area contributed by atoms with Gasteiger partial charge in [-0.05, 0) is 55.0 Å². The molecule has 0 spiro atoms. The molecule has 2 aliphatic heterocycles. The lowest BCUT2D eigenvalue weighted by Gasteiger charge is -2.24. The van der Waals surface area contributed by atoms with Crippen molar-refractivity contribution in [1.82, 2.24) is 5.32 Å². The van der Waals surface area contributed by atoms with E-state index in [4.69, 9.17) is 16.3 Å². The molecule has 2 aliphatic rings. The summed E-state index contributed by atoms with van der Waals surface area (Å²) in [5, 5.41) is 3.46. The maximum Gasteiger partial charge on any atom is 0.137 e. The van der Waals surface area contributed by atoms with Gasteiger partial charge in [-0.25, -0.2) is 8.78 Å².